The molecule has 0 aliphatic rings. The van der Waals surface area contributed by atoms with Crippen LogP contribution in [0, 0.1) is 0 Å². The molecule has 0 aliphatic carbocycles. The van der Waals surface area contributed by atoms with Crippen LogP contribution in [0.3, 0.4) is 0 Å². The summed E-state index contributed by atoms with van der Waals surface area (Å²) >= 11 is 0. The average molecular weight is 1100 g/mol. The molecule has 1 atom stereocenters. The number of allylic oxidation sites excluding steroid dienone is 18. The van der Waals surface area contributed by atoms with Crippen molar-refractivity contribution < 1.29 is 28.6 Å². The molecule has 0 aliphatic heterocycles. The fourth-order valence-corrected chi connectivity index (χ4v) is 9.24. The number of esters is 3. The van der Waals surface area contributed by atoms with Gasteiger partial charge in [0.1, 0.15) is 13.2 Å². The second-order valence-corrected chi connectivity index (χ2v) is 22.0. The van der Waals surface area contributed by atoms with Gasteiger partial charge >= 0.3 is 17.9 Å². The van der Waals surface area contributed by atoms with Gasteiger partial charge in [-0.1, -0.05) is 278 Å². The average Bonchev–Trinajstić information content (AvgIpc) is 3.45. The van der Waals surface area contributed by atoms with Gasteiger partial charge < -0.3 is 14.2 Å². The van der Waals surface area contributed by atoms with E-state index in [1.807, 2.05) is 0 Å². The Morgan fingerprint density at radius 2 is 0.494 bits per heavy atom. The van der Waals surface area contributed by atoms with Gasteiger partial charge in [-0.05, 0) is 128 Å². The Labute approximate surface area is 489 Å². The monoisotopic (exact) mass is 1100 g/mol. The van der Waals surface area contributed by atoms with Crippen molar-refractivity contribution in [1.29, 1.82) is 0 Å². The van der Waals surface area contributed by atoms with E-state index in [0.717, 1.165) is 109 Å². The van der Waals surface area contributed by atoms with E-state index in [1.54, 1.807) is 0 Å². The van der Waals surface area contributed by atoms with E-state index >= 15 is 0 Å². The fraction of sp³-hybridized carbons (Fsp3) is 0.712. The number of rotatable bonds is 60. The lowest BCUT2D eigenvalue weighted by Crippen LogP contribution is -2.30. The number of ether oxygens (including phenoxy) is 3. The zero-order valence-electron chi connectivity index (χ0n) is 51.9. The van der Waals surface area contributed by atoms with E-state index in [2.05, 4.69) is 130 Å². The topological polar surface area (TPSA) is 78.9 Å². The molecule has 0 rings (SSSR count). The summed E-state index contributed by atoms with van der Waals surface area (Å²) in [7, 11) is 0. The summed E-state index contributed by atoms with van der Waals surface area (Å²) in [4.78, 5) is 38.4. The number of carbonyl (C=O) groups is 3. The van der Waals surface area contributed by atoms with Crippen molar-refractivity contribution in [3.8, 4) is 0 Å². The highest BCUT2D eigenvalue weighted by Crippen LogP contribution is 2.16. The first-order valence-corrected chi connectivity index (χ1v) is 33.4. The Balaban J connectivity index is 4.46. The standard InChI is InChI=1S/C73H124O6/c1-4-7-10-13-16-19-22-25-28-31-34-35-36-37-38-39-40-43-45-48-51-54-57-60-63-66-72(75)78-69-70(79-73(76)67-64-61-58-55-52-49-46-42-33-30-27-24-21-18-15-12-9-6-3)68-77-71(74)65-62-59-56-53-50-47-44-41-32-29-26-23-20-17-14-11-8-5-2/h7,10,16,19,25,28-30,32-35,37-38,40,43,48,51,70H,4-6,8-9,11-15,17-18,20-24,26-27,31,36,39,41-42,44-47,49-50,52-69H2,1-3H3/b10-7-,19-16-,28-25-,32-29-,33-30-,35-34-,38-37-,43-40-,51-48-. The van der Waals surface area contributed by atoms with Crippen LogP contribution in [-0.2, 0) is 28.6 Å². The Morgan fingerprint density at radius 3 is 0.797 bits per heavy atom. The van der Waals surface area contributed by atoms with Gasteiger partial charge in [0.05, 0.1) is 0 Å². The van der Waals surface area contributed by atoms with E-state index in [1.165, 1.54) is 167 Å². The van der Waals surface area contributed by atoms with Crippen LogP contribution in [-0.4, -0.2) is 37.2 Å². The highest BCUT2D eigenvalue weighted by molar-refractivity contribution is 5.71. The molecule has 1 unspecified atom stereocenters. The number of carbonyl (C=O) groups excluding carboxylic acids is 3. The predicted octanol–water partition coefficient (Wildman–Crippen LogP) is 23.0. The highest BCUT2D eigenvalue weighted by atomic mass is 16.6. The van der Waals surface area contributed by atoms with Gasteiger partial charge in [-0.25, -0.2) is 0 Å². The Kier molecular flexibility index (Phi) is 63.3. The lowest BCUT2D eigenvalue weighted by atomic mass is 10.1. The zero-order chi connectivity index (χ0) is 57.1. The zero-order valence-corrected chi connectivity index (χ0v) is 51.9. The predicted molar refractivity (Wildman–Crippen MR) is 343 cm³/mol. The number of unbranched alkanes of at least 4 members (excludes halogenated alkanes) is 31. The molecule has 0 aromatic rings. The molecule has 0 fully saturated rings. The molecular formula is C73H124O6. The Morgan fingerprint density at radius 1 is 0.266 bits per heavy atom. The van der Waals surface area contributed by atoms with Gasteiger partial charge in [0.25, 0.3) is 0 Å². The first kappa shape index (κ1) is 75.1. The smallest absolute Gasteiger partial charge is 0.306 e. The van der Waals surface area contributed by atoms with Crippen LogP contribution in [0.2, 0.25) is 0 Å². The summed E-state index contributed by atoms with van der Waals surface area (Å²) in [6, 6.07) is 0. The van der Waals surface area contributed by atoms with E-state index in [0.29, 0.717) is 19.3 Å². The maximum absolute atomic E-state index is 12.9. The molecule has 6 nitrogen and oxygen atoms in total. The van der Waals surface area contributed by atoms with Crippen molar-refractivity contribution in [2.75, 3.05) is 13.2 Å². The Bertz CT molecular complexity index is 1590. The van der Waals surface area contributed by atoms with Crippen molar-refractivity contribution in [1.82, 2.24) is 0 Å². The van der Waals surface area contributed by atoms with Crippen molar-refractivity contribution in [2.24, 2.45) is 0 Å². The van der Waals surface area contributed by atoms with Gasteiger partial charge in [0, 0.05) is 19.3 Å². The van der Waals surface area contributed by atoms with Gasteiger partial charge in [0.15, 0.2) is 6.10 Å². The minimum absolute atomic E-state index is 0.0927. The maximum atomic E-state index is 12.9. The molecule has 0 amide bonds. The second-order valence-electron chi connectivity index (χ2n) is 22.0. The summed E-state index contributed by atoms with van der Waals surface area (Å²) in [5.41, 5.74) is 0. The number of hydrogen-bond acceptors (Lipinski definition) is 6. The largest absolute Gasteiger partial charge is 0.462 e. The summed E-state index contributed by atoms with van der Waals surface area (Å²) < 4.78 is 16.9. The Hall–Kier alpha value is -3.93. The molecule has 452 valence electrons. The van der Waals surface area contributed by atoms with Gasteiger partial charge in [0.2, 0.25) is 0 Å². The van der Waals surface area contributed by atoms with Crippen molar-refractivity contribution in [2.45, 2.75) is 322 Å². The van der Waals surface area contributed by atoms with Crippen LogP contribution in [0.1, 0.15) is 316 Å². The van der Waals surface area contributed by atoms with Crippen molar-refractivity contribution >= 4 is 17.9 Å². The molecule has 0 saturated carbocycles. The fourth-order valence-electron chi connectivity index (χ4n) is 9.24. The SMILES string of the molecule is CC/C=C\C/C=C\C/C=C\C/C=C\C/C=C\C/C=C\C/C=C\CCCCCC(=O)OCC(COC(=O)CCCCCCCCC/C=C\CCCCCCCCC)OC(=O)CCCCCCCCC/C=C\CCCCCCCCC. The molecule has 0 bridgehead atoms. The normalized spacial score (nSPS) is 12.8. The van der Waals surface area contributed by atoms with Crippen LogP contribution >= 0.6 is 0 Å². The molecule has 6 heteroatoms. The van der Waals surface area contributed by atoms with E-state index in [4.69, 9.17) is 14.2 Å². The van der Waals surface area contributed by atoms with E-state index < -0.39 is 6.10 Å². The lowest BCUT2D eigenvalue weighted by molar-refractivity contribution is -0.167. The van der Waals surface area contributed by atoms with Crippen LogP contribution < -0.4 is 0 Å². The molecule has 0 aromatic carbocycles. The number of hydrogen-bond donors (Lipinski definition) is 0. The van der Waals surface area contributed by atoms with Crippen molar-refractivity contribution in [3.63, 3.8) is 0 Å². The van der Waals surface area contributed by atoms with Gasteiger partial charge in [-0.2, -0.15) is 0 Å². The third kappa shape index (κ3) is 64.8. The molecule has 0 radical (unpaired) electrons. The second kappa shape index (κ2) is 66.6. The minimum atomic E-state index is -0.800. The molecule has 0 heterocycles. The minimum Gasteiger partial charge on any atom is -0.462 e. The van der Waals surface area contributed by atoms with Crippen LogP contribution in [0.4, 0.5) is 0 Å². The third-order valence-corrected chi connectivity index (χ3v) is 14.2. The molecule has 0 spiro atoms. The van der Waals surface area contributed by atoms with E-state index in [-0.39, 0.29) is 31.1 Å². The highest BCUT2D eigenvalue weighted by Gasteiger charge is 2.19. The van der Waals surface area contributed by atoms with E-state index in [9.17, 15) is 14.4 Å². The first-order chi connectivity index (χ1) is 39.0. The van der Waals surface area contributed by atoms with Crippen LogP contribution in [0.5, 0.6) is 0 Å². The quantitative estimate of drug-likeness (QED) is 0.0261. The first-order valence-electron chi connectivity index (χ1n) is 33.4. The molecule has 0 aromatic heterocycles. The molecule has 0 N–H and O–H groups in total. The third-order valence-electron chi connectivity index (χ3n) is 14.2. The summed E-state index contributed by atoms with van der Waals surface area (Å²) in [5.74, 6) is -0.925. The van der Waals surface area contributed by atoms with Crippen molar-refractivity contribution in [3.05, 3.63) is 109 Å². The summed E-state index contributed by atoms with van der Waals surface area (Å²) in [5, 5.41) is 0. The lowest BCUT2D eigenvalue weighted by Gasteiger charge is -2.18. The molecule has 0 saturated heterocycles. The van der Waals surface area contributed by atoms with Gasteiger partial charge in [-0.15, -0.1) is 0 Å². The summed E-state index contributed by atoms with van der Waals surface area (Å²) in [6.07, 6.45) is 90.9. The summed E-state index contributed by atoms with van der Waals surface area (Å²) in [6.45, 7) is 6.52. The van der Waals surface area contributed by atoms with Crippen LogP contribution in [0.25, 0.3) is 0 Å². The molecular weight excluding hydrogens is 973 g/mol. The molecule has 79 heavy (non-hydrogen) atoms. The van der Waals surface area contributed by atoms with Crippen LogP contribution in [0.15, 0.2) is 109 Å². The maximum Gasteiger partial charge on any atom is 0.306 e. The van der Waals surface area contributed by atoms with Gasteiger partial charge in [-0.3, -0.25) is 14.4 Å².